The van der Waals surface area contributed by atoms with Crippen molar-refractivity contribution in [3.8, 4) is 45.6 Å². The van der Waals surface area contributed by atoms with Crippen molar-refractivity contribution >= 4 is 21.9 Å². The summed E-state index contributed by atoms with van der Waals surface area (Å²) in [6.45, 7) is 2.43. The van der Waals surface area contributed by atoms with Gasteiger partial charge < -0.3 is 32.5 Å². The molecule has 0 aliphatic carbocycles. The lowest BCUT2D eigenvalue weighted by atomic mass is 10.1. The van der Waals surface area contributed by atoms with Crippen molar-refractivity contribution in [1.29, 1.82) is 0 Å². The van der Waals surface area contributed by atoms with Crippen LogP contribution in [-0.4, -0.2) is 48.5 Å². The molecule has 3 aromatic heterocycles. The van der Waals surface area contributed by atoms with E-state index in [0.717, 1.165) is 35.4 Å². The molecule has 12 heteroatoms. The summed E-state index contributed by atoms with van der Waals surface area (Å²) < 4.78 is 43.0. The van der Waals surface area contributed by atoms with Crippen LogP contribution in [0.4, 0.5) is 0 Å². The highest BCUT2D eigenvalue weighted by Crippen LogP contribution is 2.33. The third-order valence-electron chi connectivity index (χ3n) is 9.56. The van der Waals surface area contributed by atoms with Crippen LogP contribution in [-0.2, 0) is 24.3 Å². The molecule has 0 radical (unpaired) electrons. The maximum Gasteiger partial charge on any atom is 0.235 e. The Balaban J connectivity index is 0.759. The van der Waals surface area contributed by atoms with Gasteiger partial charge in [-0.1, -0.05) is 41.6 Å². The molecule has 0 N–H and O–H groups in total. The van der Waals surface area contributed by atoms with Crippen LogP contribution in [0.1, 0.15) is 17.7 Å². The Morgan fingerprint density at radius 3 is 2.14 bits per heavy atom. The lowest BCUT2D eigenvalue weighted by Crippen LogP contribution is -2.12. The van der Waals surface area contributed by atoms with Crippen molar-refractivity contribution < 1.29 is 32.5 Å². The fourth-order valence-corrected chi connectivity index (χ4v) is 6.51. The molecule has 298 valence electrons. The van der Waals surface area contributed by atoms with Gasteiger partial charge in [-0.05, 0) is 103 Å². The van der Waals surface area contributed by atoms with Gasteiger partial charge in [0.05, 0.1) is 49.9 Å². The average molecular weight is 792 g/mol. The van der Waals surface area contributed by atoms with Gasteiger partial charge in [-0.3, -0.25) is 9.59 Å². The molecule has 3 heterocycles. The second kappa shape index (κ2) is 18.4. The number of ether oxygens (including phenoxy) is 5. The maximum absolute atomic E-state index is 13.6. The predicted octanol–water partition coefficient (Wildman–Crippen LogP) is 8.52. The number of methoxy groups -OCH3 is 1. The van der Waals surface area contributed by atoms with E-state index in [2.05, 4.69) is 10.3 Å². The monoisotopic (exact) mass is 791 g/mol. The summed E-state index contributed by atoms with van der Waals surface area (Å²) in [7, 11) is 1.61. The van der Waals surface area contributed by atoms with E-state index in [4.69, 9.17) is 32.5 Å². The van der Waals surface area contributed by atoms with Crippen molar-refractivity contribution in [2.24, 2.45) is 0 Å². The normalized spacial score (nSPS) is 11.2. The molecule has 0 atom stereocenters. The molecule has 0 aliphatic rings. The summed E-state index contributed by atoms with van der Waals surface area (Å²) >= 11 is 0. The number of nitrogens with zero attached hydrogens (tertiary/aromatic N) is 3. The first-order valence-electron chi connectivity index (χ1n) is 19.3. The minimum Gasteiger partial charge on any atom is -0.497 e. The van der Waals surface area contributed by atoms with Crippen LogP contribution >= 0.6 is 0 Å². The van der Waals surface area contributed by atoms with Gasteiger partial charge in [0.1, 0.15) is 47.4 Å². The summed E-state index contributed by atoms with van der Waals surface area (Å²) in [5.41, 5.74) is 3.93. The molecule has 0 unspecified atom stereocenters. The molecule has 8 aromatic rings. The van der Waals surface area contributed by atoms with Crippen molar-refractivity contribution in [2.45, 2.75) is 26.0 Å². The van der Waals surface area contributed by atoms with E-state index in [1.807, 2.05) is 97.2 Å². The second-order valence-corrected chi connectivity index (χ2v) is 13.6. The van der Waals surface area contributed by atoms with E-state index in [0.29, 0.717) is 83.5 Å². The molecule has 12 nitrogen and oxygen atoms in total. The van der Waals surface area contributed by atoms with Crippen molar-refractivity contribution in [3.63, 3.8) is 0 Å². The Bertz CT molecular complexity index is 2780. The molecule has 0 saturated heterocycles. The van der Waals surface area contributed by atoms with Gasteiger partial charge in [0.25, 0.3) is 0 Å². The number of hydrogen-bond acceptors (Lipinski definition) is 11. The van der Waals surface area contributed by atoms with Crippen molar-refractivity contribution in [1.82, 2.24) is 15.0 Å². The standard InChI is InChI=1S/C47H41N3O9/c1-53-38-10-6-8-32(28-38)31-57-47-45(52)40-12-3-5-14-43(40)59-46(47)34-17-21-37(22-18-34)56-27-26-54-25-23-50-30-35(48-49-50)9-7-24-55-36-19-15-33(16-20-36)44-29-41(51)39-11-2-4-13-42(39)58-44/h2-6,8,10-22,28-30H,7,9,23-27,31H2,1H3. The smallest absolute Gasteiger partial charge is 0.235 e. The summed E-state index contributed by atoms with van der Waals surface area (Å²) in [6.07, 6.45) is 3.41. The van der Waals surface area contributed by atoms with Crippen molar-refractivity contribution in [2.75, 3.05) is 33.5 Å². The highest BCUT2D eigenvalue weighted by atomic mass is 16.5. The van der Waals surface area contributed by atoms with Crippen LogP contribution < -0.4 is 29.8 Å². The number of para-hydroxylation sites is 2. The molecule has 0 spiro atoms. The van der Waals surface area contributed by atoms with E-state index in [1.165, 1.54) is 6.07 Å². The largest absolute Gasteiger partial charge is 0.497 e. The SMILES string of the molecule is COc1cccc(COc2c(-c3ccc(OCCOCCn4cc(CCCOc5ccc(-c6cc(=O)c7ccccc7o6)cc5)nn4)cc3)oc3ccccc3c2=O)c1. The van der Waals surface area contributed by atoms with E-state index >= 15 is 0 Å². The second-order valence-electron chi connectivity index (χ2n) is 13.6. The third-order valence-corrected chi connectivity index (χ3v) is 9.56. The zero-order chi connectivity index (χ0) is 40.4. The number of fused-ring (bicyclic) bond motifs is 2. The van der Waals surface area contributed by atoms with Gasteiger partial charge >= 0.3 is 0 Å². The molecule has 0 amide bonds. The first kappa shape index (κ1) is 38.7. The minimum atomic E-state index is -0.245. The van der Waals surface area contributed by atoms with Crippen LogP contribution in [0.3, 0.4) is 0 Å². The molecule has 0 saturated carbocycles. The van der Waals surface area contributed by atoms with Gasteiger partial charge in [-0.2, -0.15) is 0 Å². The predicted molar refractivity (Wildman–Crippen MR) is 223 cm³/mol. The molecule has 59 heavy (non-hydrogen) atoms. The lowest BCUT2D eigenvalue weighted by Gasteiger charge is -2.13. The van der Waals surface area contributed by atoms with Crippen LogP contribution in [0.15, 0.2) is 152 Å². The highest BCUT2D eigenvalue weighted by molar-refractivity contribution is 5.82. The number of rotatable bonds is 18. The topological polar surface area (TPSA) is 137 Å². The lowest BCUT2D eigenvalue weighted by molar-refractivity contribution is 0.0923. The first-order chi connectivity index (χ1) is 29.0. The van der Waals surface area contributed by atoms with E-state index in [9.17, 15) is 9.59 Å². The number of hydrogen-bond donors (Lipinski definition) is 0. The highest BCUT2D eigenvalue weighted by Gasteiger charge is 2.18. The van der Waals surface area contributed by atoms with Gasteiger partial charge in [-0.25, -0.2) is 4.68 Å². The molecule has 5 aromatic carbocycles. The number of aromatic nitrogens is 3. The van der Waals surface area contributed by atoms with E-state index in [-0.39, 0.29) is 23.2 Å². The number of aryl methyl sites for hydroxylation is 1. The van der Waals surface area contributed by atoms with Gasteiger partial charge in [-0.15, -0.1) is 5.10 Å². The molecule has 0 bridgehead atoms. The molecular weight excluding hydrogens is 751 g/mol. The molecule has 0 aliphatic heterocycles. The van der Waals surface area contributed by atoms with Gasteiger partial charge in [0.15, 0.2) is 11.2 Å². The fourth-order valence-electron chi connectivity index (χ4n) is 6.51. The Morgan fingerprint density at radius 2 is 1.36 bits per heavy atom. The Morgan fingerprint density at radius 1 is 0.644 bits per heavy atom. The summed E-state index contributed by atoms with van der Waals surface area (Å²) in [5, 5.41) is 9.51. The van der Waals surface area contributed by atoms with Crippen LogP contribution in [0.2, 0.25) is 0 Å². The van der Waals surface area contributed by atoms with Gasteiger partial charge in [0, 0.05) is 23.4 Å². The van der Waals surface area contributed by atoms with E-state index in [1.54, 1.807) is 42.1 Å². The summed E-state index contributed by atoms with van der Waals surface area (Å²) in [6, 6.07) is 38.2. The third kappa shape index (κ3) is 9.52. The Labute approximate surface area is 339 Å². The zero-order valence-electron chi connectivity index (χ0n) is 32.4. The van der Waals surface area contributed by atoms with Crippen LogP contribution in [0.25, 0.3) is 44.6 Å². The summed E-state index contributed by atoms with van der Waals surface area (Å²) in [4.78, 5) is 26.0. The summed E-state index contributed by atoms with van der Waals surface area (Å²) in [5.74, 6) is 3.08. The van der Waals surface area contributed by atoms with Gasteiger partial charge in [0.2, 0.25) is 11.2 Å². The average Bonchev–Trinajstić information content (AvgIpc) is 3.74. The molecular formula is C47H41N3O9. The quantitative estimate of drug-likeness (QED) is 0.0774. The molecule has 8 rings (SSSR count). The Hall–Kier alpha value is -7.18. The van der Waals surface area contributed by atoms with E-state index < -0.39 is 0 Å². The van der Waals surface area contributed by atoms with Crippen LogP contribution in [0.5, 0.6) is 23.0 Å². The number of benzene rings is 5. The minimum absolute atomic E-state index is 0.0718. The fraction of sp³-hybridized carbons (Fsp3) is 0.191. The first-order valence-corrected chi connectivity index (χ1v) is 19.3. The molecule has 0 fully saturated rings. The Kier molecular flexibility index (Phi) is 12.1. The maximum atomic E-state index is 13.6. The van der Waals surface area contributed by atoms with Crippen molar-refractivity contribution in [3.05, 3.63) is 165 Å². The zero-order valence-corrected chi connectivity index (χ0v) is 32.4. The van der Waals surface area contributed by atoms with Crippen LogP contribution in [0, 0.1) is 0 Å².